The van der Waals surface area contributed by atoms with E-state index in [1.165, 1.54) is 43.3 Å². The second kappa shape index (κ2) is 7.26. The SMILES string of the molecule is CCS(=O)(=O)c1ccccc1C(=O)OCc1cccc(C(F)(F)F)c1. The predicted molar refractivity (Wildman–Crippen MR) is 84.7 cm³/mol. The number of carbonyl (C=O) groups is 1. The highest BCUT2D eigenvalue weighted by Gasteiger charge is 2.30. The van der Waals surface area contributed by atoms with Gasteiger partial charge in [0.2, 0.25) is 0 Å². The van der Waals surface area contributed by atoms with Gasteiger partial charge >= 0.3 is 12.1 Å². The number of benzene rings is 2. The van der Waals surface area contributed by atoms with E-state index in [2.05, 4.69) is 0 Å². The lowest BCUT2D eigenvalue weighted by Crippen LogP contribution is -2.13. The molecular weight excluding hydrogens is 357 g/mol. The van der Waals surface area contributed by atoms with Crippen LogP contribution < -0.4 is 0 Å². The number of alkyl halides is 3. The third-order valence-corrected chi connectivity index (χ3v) is 5.23. The molecule has 0 aliphatic carbocycles. The maximum Gasteiger partial charge on any atom is 0.416 e. The zero-order valence-corrected chi connectivity index (χ0v) is 14.0. The van der Waals surface area contributed by atoms with E-state index in [4.69, 9.17) is 4.74 Å². The molecular formula is C17H15F3O4S. The number of ether oxygens (including phenoxy) is 1. The average Bonchev–Trinajstić information content (AvgIpc) is 2.59. The fourth-order valence-corrected chi connectivity index (χ4v) is 3.21. The van der Waals surface area contributed by atoms with E-state index in [-0.39, 0.29) is 21.8 Å². The van der Waals surface area contributed by atoms with Crippen molar-refractivity contribution in [2.24, 2.45) is 0 Å². The van der Waals surface area contributed by atoms with Crippen LogP contribution in [0.4, 0.5) is 13.2 Å². The van der Waals surface area contributed by atoms with Crippen molar-refractivity contribution in [3.05, 3.63) is 65.2 Å². The number of rotatable bonds is 5. The zero-order valence-electron chi connectivity index (χ0n) is 13.2. The molecule has 0 aliphatic rings. The molecule has 2 aromatic carbocycles. The van der Waals surface area contributed by atoms with E-state index in [0.717, 1.165) is 12.1 Å². The summed E-state index contributed by atoms with van der Waals surface area (Å²) in [5.74, 6) is -1.10. The van der Waals surface area contributed by atoms with Crippen LogP contribution in [0.25, 0.3) is 0 Å². The largest absolute Gasteiger partial charge is 0.457 e. The molecule has 0 atom stereocenters. The topological polar surface area (TPSA) is 60.4 Å². The lowest BCUT2D eigenvalue weighted by molar-refractivity contribution is -0.137. The molecule has 0 spiro atoms. The molecule has 0 amide bonds. The fourth-order valence-electron chi connectivity index (χ4n) is 2.13. The normalized spacial score (nSPS) is 12.0. The average molecular weight is 372 g/mol. The van der Waals surface area contributed by atoms with Crippen molar-refractivity contribution in [1.29, 1.82) is 0 Å². The van der Waals surface area contributed by atoms with E-state index < -0.39 is 34.2 Å². The van der Waals surface area contributed by atoms with Gasteiger partial charge in [-0.2, -0.15) is 13.2 Å². The summed E-state index contributed by atoms with van der Waals surface area (Å²) in [7, 11) is -3.63. The summed E-state index contributed by atoms with van der Waals surface area (Å²) in [6, 6.07) is 9.94. The third-order valence-electron chi connectivity index (χ3n) is 3.45. The van der Waals surface area contributed by atoms with Gasteiger partial charge in [0.05, 0.1) is 21.8 Å². The van der Waals surface area contributed by atoms with Crippen LogP contribution in [0.3, 0.4) is 0 Å². The summed E-state index contributed by atoms with van der Waals surface area (Å²) in [4.78, 5) is 12.0. The summed E-state index contributed by atoms with van der Waals surface area (Å²) in [6.07, 6.45) is -4.50. The Morgan fingerprint density at radius 2 is 1.76 bits per heavy atom. The Kier molecular flexibility index (Phi) is 5.52. The van der Waals surface area contributed by atoms with Crippen molar-refractivity contribution in [2.45, 2.75) is 24.6 Å². The van der Waals surface area contributed by atoms with Crippen LogP contribution in [-0.2, 0) is 27.4 Å². The van der Waals surface area contributed by atoms with Crippen LogP contribution in [0.15, 0.2) is 53.4 Å². The van der Waals surface area contributed by atoms with Gasteiger partial charge in [0.1, 0.15) is 6.61 Å². The minimum atomic E-state index is -4.50. The second-order valence-electron chi connectivity index (χ2n) is 5.17. The zero-order chi connectivity index (χ0) is 18.7. The molecule has 0 saturated heterocycles. The molecule has 134 valence electrons. The molecule has 0 aromatic heterocycles. The second-order valence-corrected chi connectivity index (χ2v) is 7.42. The van der Waals surface area contributed by atoms with Crippen LogP contribution in [0.1, 0.15) is 28.4 Å². The molecule has 0 bridgehead atoms. The Bertz CT molecular complexity index is 873. The highest BCUT2D eigenvalue weighted by molar-refractivity contribution is 7.91. The molecule has 0 aliphatic heterocycles. The van der Waals surface area contributed by atoms with Gasteiger partial charge in [-0.25, -0.2) is 13.2 Å². The summed E-state index contributed by atoms with van der Waals surface area (Å²) in [5, 5.41) is 0. The number of esters is 1. The molecule has 0 saturated carbocycles. The lowest BCUT2D eigenvalue weighted by atomic mass is 10.1. The number of carbonyl (C=O) groups excluding carboxylic acids is 1. The lowest BCUT2D eigenvalue weighted by Gasteiger charge is -2.11. The number of sulfone groups is 1. The number of hydrogen-bond acceptors (Lipinski definition) is 4. The Morgan fingerprint density at radius 3 is 2.40 bits per heavy atom. The smallest absolute Gasteiger partial charge is 0.416 e. The minimum absolute atomic E-state index is 0.142. The summed E-state index contributed by atoms with van der Waals surface area (Å²) in [5.41, 5.74) is -0.842. The molecule has 0 unspecified atom stereocenters. The molecule has 2 rings (SSSR count). The van der Waals surface area contributed by atoms with Gasteiger partial charge in [0, 0.05) is 0 Å². The standard InChI is InChI=1S/C17H15F3O4S/c1-2-25(22,23)15-9-4-3-8-14(15)16(21)24-11-12-6-5-7-13(10-12)17(18,19)20/h3-10H,2,11H2,1H3. The van der Waals surface area contributed by atoms with E-state index in [0.29, 0.717) is 0 Å². The van der Waals surface area contributed by atoms with E-state index in [1.807, 2.05) is 0 Å². The van der Waals surface area contributed by atoms with Crippen LogP contribution >= 0.6 is 0 Å². The van der Waals surface area contributed by atoms with Crippen molar-refractivity contribution in [3.63, 3.8) is 0 Å². The molecule has 0 N–H and O–H groups in total. The Labute approximate surface area is 143 Å². The van der Waals surface area contributed by atoms with Gasteiger partial charge in [0.15, 0.2) is 9.84 Å². The highest BCUT2D eigenvalue weighted by atomic mass is 32.2. The van der Waals surface area contributed by atoms with Crippen molar-refractivity contribution in [2.75, 3.05) is 5.75 Å². The van der Waals surface area contributed by atoms with Crippen molar-refractivity contribution in [1.82, 2.24) is 0 Å². The van der Waals surface area contributed by atoms with Crippen LogP contribution in [0, 0.1) is 0 Å². The number of halogens is 3. The van der Waals surface area contributed by atoms with Gasteiger partial charge in [-0.05, 0) is 29.8 Å². The fraction of sp³-hybridized carbons (Fsp3) is 0.235. The van der Waals surface area contributed by atoms with E-state index >= 15 is 0 Å². The summed E-state index contributed by atoms with van der Waals surface area (Å²) >= 11 is 0. The van der Waals surface area contributed by atoms with Gasteiger partial charge in [-0.1, -0.05) is 31.2 Å². The highest BCUT2D eigenvalue weighted by Crippen LogP contribution is 2.29. The quantitative estimate of drug-likeness (QED) is 0.748. The molecule has 0 radical (unpaired) electrons. The first-order valence-corrected chi connectivity index (χ1v) is 8.95. The van der Waals surface area contributed by atoms with Crippen molar-refractivity contribution >= 4 is 15.8 Å². The maximum atomic E-state index is 12.7. The third kappa shape index (κ3) is 4.60. The molecule has 25 heavy (non-hydrogen) atoms. The van der Waals surface area contributed by atoms with Crippen molar-refractivity contribution < 1.29 is 31.1 Å². The van der Waals surface area contributed by atoms with Crippen molar-refractivity contribution in [3.8, 4) is 0 Å². The molecule has 0 fully saturated rings. The molecule has 8 heteroatoms. The minimum Gasteiger partial charge on any atom is -0.457 e. The Balaban J connectivity index is 2.20. The summed E-state index contributed by atoms with van der Waals surface area (Å²) < 4.78 is 67.1. The predicted octanol–water partition coefficient (Wildman–Crippen LogP) is 3.86. The van der Waals surface area contributed by atoms with Gasteiger partial charge in [-0.3, -0.25) is 0 Å². The van der Waals surface area contributed by atoms with E-state index in [9.17, 15) is 26.4 Å². The van der Waals surface area contributed by atoms with Gasteiger partial charge in [-0.15, -0.1) is 0 Å². The molecule has 0 heterocycles. The van der Waals surface area contributed by atoms with Gasteiger partial charge < -0.3 is 4.74 Å². The monoisotopic (exact) mass is 372 g/mol. The maximum absolute atomic E-state index is 12.7. The first kappa shape index (κ1) is 19.0. The summed E-state index contributed by atoms with van der Waals surface area (Å²) in [6.45, 7) is 1.04. The van der Waals surface area contributed by atoms with E-state index in [1.54, 1.807) is 0 Å². The van der Waals surface area contributed by atoms with Crippen LogP contribution in [0.5, 0.6) is 0 Å². The Morgan fingerprint density at radius 1 is 1.08 bits per heavy atom. The Hall–Kier alpha value is -2.35. The van der Waals surface area contributed by atoms with Crippen LogP contribution in [0.2, 0.25) is 0 Å². The number of hydrogen-bond donors (Lipinski definition) is 0. The van der Waals surface area contributed by atoms with Gasteiger partial charge in [0.25, 0.3) is 0 Å². The first-order valence-electron chi connectivity index (χ1n) is 7.30. The first-order chi connectivity index (χ1) is 11.6. The van der Waals surface area contributed by atoms with Crippen LogP contribution in [-0.4, -0.2) is 20.1 Å². The molecule has 4 nitrogen and oxygen atoms in total. The molecule has 2 aromatic rings.